The molecule has 4 heteroatoms. The third kappa shape index (κ3) is 2.14. The molecule has 0 saturated heterocycles. The summed E-state index contributed by atoms with van der Waals surface area (Å²) >= 11 is 5.89. The number of rotatable bonds is 4. The van der Waals surface area contributed by atoms with Crippen molar-refractivity contribution >= 4 is 23.3 Å². The van der Waals surface area contributed by atoms with Crippen molar-refractivity contribution in [2.45, 2.75) is 19.8 Å². The second-order valence-corrected chi connectivity index (χ2v) is 4.83. The molecule has 2 N–H and O–H groups in total. The van der Waals surface area contributed by atoms with Crippen LogP contribution in [0.15, 0.2) is 18.2 Å². The molecule has 0 unspecified atom stereocenters. The SMILES string of the molecule is Cc1ccc(Cl)cc1NCC1(C(=O)O)CC1. The zero-order chi connectivity index (χ0) is 11.8. The van der Waals surface area contributed by atoms with E-state index in [9.17, 15) is 4.79 Å². The van der Waals surface area contributed by atoms with Gasteiger partial charge in [-0.25, -0.2) is 0 Å². The molecule has 2 rings (SSSR count). The van der Waals surface area contributed by atoms with Crippen LogP contribution in [0.25, 0.3) is 0 Å². The van der Waals surface area contributed by atoms with Gasteiger partial charge in [0, 0.05) is 17.3 Å². The second kappa shape index (κ2) is 3.98. The van der Waals surface area contributed by atoms with Crippen molar-refractivity contribution in [3.05, 3.63) is 28.8 Å². The summed E-state index contributed by atoms with van der Waals surface area (Å²) in [6.45, 7) is 2.45. The van der Waals surface area contributed by atoms with Gasteiger partial charge in [0.2, 0.25) is 0 Å². The maximum absolute atomic E-state index is 11.0. The summed E-state index contributed by atoms with van der Waals surface area (Å²) < 4.78 is 0. The van der Waals surface area contributed by atoms with Crippen LogP contribution in [0, 0.1) is 12.3 Å². The number of carboxylic acid groups (broad SMARTS) is 1. The van der Waals surface area contributed by atoms with Gasteiger partial charge >= 0.3 is 5.97 Å². The first-order valence-electron chi connectivity index (χ1n) is 5.27. The number of nitrogens with one attached hydrogen (secondary N) is 1. The van der Waals surface area contributed by atoms with E-state index in [-0.39, 0.29) is 0 Å². The molecule has 1 saturated carbocycles. The van der Waals surface area contributed by atoms with Crippen LogP contribution in [-0.2, 0) is 4.79 Å². The topological polar surface area (TPSA) is 49.3 Å². The molecule has 0 atom stereocenters. The molecule has 0 aliphatic heterocycles. The Hall–Kier alpha value is -1.22. The predicted octanol–water partition coefficient (Wildman–Crippen LogP) is 2.93. The molecule has 1 aliphatic carbocycles. The number of benzene rings is 1. The fourth-order valence-corrected chi connectivity index (χ4v) is 1.84. The first kappa shape index (κ1) is 11.3. The van der Waals surface area contributed by atoms with Gasteiger partial charge in [0.05, 0.1) is 5.41 Å². The van der Waals surface area contributed by atoms with E-state index in [0.29, 0.717) is 11.6 Å². The minimum absolute atomic E-state index is 0.476. The minimum atomic E-state index is -0.709. The van der Waals surface area contributed by atoms with E-state index in [1.165, 1.54) is 0 Å². The lowest BCUT2D eigenvalue weighted by Gasteiger charge is -2.14. The van der Waals surface area contributed by atoms with Gasteiger partial charge in [-0.05, 0) is 37.5 Å². The molecular weight excluding hydrogens is 226 g/mol. The molecule has 1 fully saturated rings. The van der Waals surface area contributed by atoms with Gasteiger partial charge in [-0.1, -0.05) is 17.7 Å². The first-order chi connectivity index (χ1) is 7.53. The van der Waals surface area contributed by atoms with Crippen molar-refractivity contribution in [1.29, 1.82) is 0 Å². The molecule has 0 spiro atoms. The zero-order valence-corrected chi connectivity index (χ0v) is 9.84. The average Bonchev–Trinajstić information content (AvgIpc) is 3.00. The van der Waals surface area contributed by atoms with Gasteiger partial charge in [-0.2, -0.15) is 0 Å². The van der Waals surface area contributed by atoms with E-state index in [1.807, 2.05) is 25.1 Å². The van der Waals surface area contributed by atoms with Crippen LogP contribution in [0.1, 0.15) is 18.4 Å². The van der Waals surface area contributed by atoms with E-state index in [4.69, 9.17) is 16.7 Å². The highest BCUT2D eigenvalue weighted by molar-refractivity contribution is 6.30. The van der Waals surface area contributed by atoms with Crippen LogP contribution in [-0.4, -0.2) is 17.6 Å². The fourth-order valence-electron chi connectivity index (χ4n) is 1.67. The Kier molecular flexibility index (Phi) is 2.80. The van der Waals surface area contributed by atoms with E-state index in [0.717, 1.165) is 24.1 Å². The molecule has 0 heterocycles. The Balaban J connectivity index is 2.05. The summed E-state index contributed by atoms with van der Waals surface area (Å²) in [5.74, 6) is -0.709. The second-order valence-electron chi connectivity index (χ2n) is 4.40. The Morgan fingerprint density at radius 3 is 2.81 bits per heavy atom. The van der Waals surface area contributed by atoms with E-state index >= 15 is 0 Å². The molecule has 1 aromatic rings. The summed E-state index contributed by atoms with van der Waals surface area (Å²) in [5.41, 5.74) is 1.44. The minimum Gasteiger partial charge on any atom is -0.481 e. The maximum Gasteiger partial charge on any atom is 0.311 e. The van der Waals surface area contributed by atoms with Gasteiger partial charge in [0.15, 0.2) is 0 Å². The van der Waals surface area contributed by atoms with Crippen LogP contribution >= 0.6 is 11.6 Å². The summed E-state index contributed by atoms with van der Waals surface area (Å²) in [4.78, 5) is 11.0. The van der Waals surface area contributed by atoms with Crippen LogP contribution in [0.5, 0.6) is 0 Å². The van der Waals surface area contributed by atoms with Gasteiger partial charge in [-0.15, -0.1) is 0 Å². The molecular formula is C12H14ClNO2. The highest BCUT2D eigenvalue weighted by atomic mass is 35.5. The number of carboxylic acids is 1. The molecule has 16 heavy (non-hydrogen) atoms. The van der Waals surface area contributed by atoms with Gasteiger partial charge in [0.1, 0.15) is 0 Å². The molecule has 86 valence electrons. The molecule has 0 amide bonds. The summed E-state index contributed by atoms with van der Waals surface area (Å²) in [6.07, 6.45) is 1.52. The summed E-state index contributed by atoms with van der Waals surface area (Å²) in [5, 5.41) is 12.9. The lowest BCUT2D eigenvalue weighted by Crippen LogP contribution is -2.24. The van der Waals surface area contributed by atoms with Crippen LogP contribution in [0.3, 0.4) is 0 Å². The Labute approximate surface area is 99.4 Å². The van der Waals surface area contributed by atoms with Crippen LogP contribution < -0.4 is 5.32 Å². The molecule has 1 aliphatic rings. The predicted molar refractivity (Wildman–Crippen MR) is 64.0 cm³/mol. The van der Waals surface area contributed by atoms with E-state index in [1.54, 1.807) is 0 Å². The van der Waals surface area contributed by atoms with Gasteiger partial charge in [0.25, 0.3) is 0 Å². The van der Waals surface area contributed by atoms with Crippen LogP contribution in [0.2, 0.25) is 5.02 Å². The number of halogens is 1. The number of hydrogen-bond acceptors (Lipinski definition) is 2. The normalized spacial score (nSPS) is 16.9. The van der Waals surface area contributed by atoms with Crippen molar-refractivity contribution in [3.8, 4) is 0 Å². The van der Waals surface area contributed by atoms with Crippen molar-refractivity contribution in [2.75, 3.05) is 11.9 Å². The van der Waals surface area contributed by atoms with Crippen LogP contribution in [0.4, 0.5) is 5.69 Å². The molecule has 0 aromatic heterocycles. The summed E-state index contributed by atoms with van der Waals surface area (Å²) in [7, 11) is 0. The maximum atomic E-state index is 11.0. The number of carbonyl (C=O) groups is 1. The third-order valence-electron chi connectivity index (χ3n) is 3.12. The number of aryl methyl sites for hydroxylation is 1. The monoisotopic (exact) mass is 239 g/mol. The van der Waals surface area contributed by atoms with Crippen molar-refractivity contribution in [1.82, 2.24) is 0 Å². The highest BCUT2D eigenvalue weighted by Crippen LogP contribution is 2.45. The first-order valence-corrected chi connectivity index (χ1v) is 5.65. The number of anilines is 1. The van der Waals surface area contributed by atoms with Gasteiger partial charge < -0.3 is 10.4 Å². The molecule has 0 radical (unpaired) electrons. The van der Waals surface area contributed by atoms with Gasteiger partial charge in [-0.3, -0.25) is 4.79 Å². The largest absolute Gasteiger partial charge is 0.481 e. The number of hydrogen-bond donors (Lipinski definition) is 2. The third-order valence-corrected chi connectivity index (χ3v) is 3.36. The Bertz CT molecular complexity index is 427. The smallest absolute Gasteiger partial charge is 0.311 e. The van der Waals surface area contributed by atoms with Crippen molar-refractivity contribution < 1.29 is 9.90 Å². The molecule has 1 aromatic carbocycles. The van der Waals surface area contributed by atoms with Crippen molar-refractivity contribution in [3.63, 3.8) is 0 Å². The lowest BCUT2D eigenvalue weighted by atomic mass is 10.1. The average molecular weight is 240 g/mol. The highest BCUT2D eigenvalue weighted by Gasteiger charge is 2.50. The summed E-state index contributed by atoms with van der Waals surface area (Å²) in [6, 6.07) is 5.58. The lowest BCUT2D eigenvalue weighted by molar-refractivity contribution is -0.142. The zero-order valence-electron chi connectivity index (χ0n) is 9.09. The molecule has 3 nitrogen and oxygen atoms in total. The van der Waals surface area contributed by atoms with E-state index in [2.05, 4.69) is 5.32 Å². The quantitative estimate of drug-likeness (QED) is 0.850. The van der Waals surface area contributed by atoms with E-state index < -0.39 is 11.4 Å². The Morgan fingerprint density at radius 1 is 1.56 bits per heavy atom. The van der Waals surface area contributed by atoms with Crippen molar-refractivity contribution in [2.24, 2.45) is 5.41 Å². The fraction of sp³-hybridized carbons (Fsp3) is 0.417. The number of aliphatic carboxylic acids is 1. The molecule has 0 bridgehead atoms. The Morgan fingerprint density at radius 2 is 2.25 bits per heavy atom. The standard InChI is InChI=1S/C12H14ClNO2/c1-8-2-3-9(13)6-10(8)14-7-12(4-5-12)11(15)16/h2-3,6,14H,4-5,7H2,1H3,(H,15,16).